The third-order valence-corrected chi connectivity index (χ3v) is 2.88. The molecule has 0 aliphatic carbocycles. The number of benzene rings is 1. The Bertz CT molecular complexity index is 352. The van der Waals surface area contributed by atoms with Crippen LogP contribution in [0.2, 0.25) is 0 Å². The molecular weight excluding hydrogens is 224 g/mol. The minimum Gasteiger partial charge on any atom is -0.338 e. The summed E-state index contributed by atoms with van der Waals surface area (Å²) in [5.41, 5.74) is 1.25. The quantitative estimate of drug-likeness (QED) is 0.853. The molecule has 2 amide bonds. The van der Waals surface area contributed by atoms with E-state index in [2.05, 4.69) is 17.4 Å². The van der Waals surface area contributed by atoms with Crippen molar-refractivity contribution in [3.63, 3.8) is 0 Å². The zero-order valence-electron chi connectivity index (χ0n) is 11.8. The van der Waals surface area contributed by atoms with Gasteiger partial charge >= 0.3 is 6.03 Å². The minimum absolute atomic E-state index is 0.0240. The van der Waals surface area contributed by atoms with E-state index in [1.54, 1.807) is 0 Å². The third kappa shape index (κ3) is 4.40. The third-order valence-electron chi connectivity index (χ3n) is 2.88. The molecule has 1 rings (SSSR count). The van der Waals surface area contributed by atoms with Crippen LogP contribution in [0.25, 0.3) is 0 Å². The topological polar surface area (TPSA) is 32.3 Å². The first-order valence-electron chi connectivity index (χ1n) is 6.62. The van der Waals surface area contributed by atoms with Crippen LogP contribution in [0.15, 0.2) is 30.3 Å². The maximum absolute atomic E-state index is 12.0. The Morgan fingerprint density at radius 1 is 1.11 bits per heavy atom. The molecule has 3 nitrogen and oxygen atoms in total. The summed E-state index contributed by atoms with van der Waals surface area (Å²) in [6, 6.07) is 10.7. The molecular formula is C15H24N2O. The molecule has 0 saturated heterocycles. The molecule has 0 bridgehead atoms. The van der Waals surface area contributed by atoms with Crippen molar-refractivity contribution in [1.29, 1.82) is 0 Å². The lowest BCUT2D eigenvalue weighted by Crippen LogP contribution is -2.48. The van der Waals surface area contributed by atoms with Crippen molar-refractivity contribution in [3.8, 4) is 0 Å². The molecule has 0 atom stereocenters. The first-order valence-corrected chi connectivity index (χ1v) is 6.62. The summed E-state index contributed by atoms with van der Waals surface area (Å²) < 4.78 is 0. The van der Waals surface area contributed by atoms with Gasteiger partial charge in [0.2, 0.25) is 0 Å². The lowest BCUT2D eigenvalue weighted by Gasteiger charge is -2.30. The highest BCUT2D eigenvalue weighted by molar-refractivity contribution is 5.74. The van der Waals surface area contributed by atoms with E-state index >= 15 is 0 Å². The minimum atomic E-state index is 0.0240. The van der Waals surface area contributed by atoms with Crippen molar-refractivity contribution in [2.75, 3.05) is 6.54 Å². The van der Waals surface area contributed by atoms with Crippen LogP contribution in [-0.2, 0) is 6.42 Å². The molecule has 100 valence electrons. The fourth-order valence-corrected chi connectivity index (χ4v) is 2.12. The van der Waals surface area contributed by atoms with Gasteiger partial charge in [0.15, 0.2) is 0 Å². The molecule has 0 fully saturated rings. The van der Waals surface area contributed by atoms with Crippen molar-refractivity contribution < 1.29 is 4.79 Å². The molecule has 0 saturated carbocycles. The summed E-state index contributed by atoms with van der Waals surface area (Å²) in [6.07, 6.45) is 0.872. The van der Waals surface area contributed by atoms with Gasteiger partial charge in [-0.3, -0.25) is 0 Å². The maximum Gasteiger partial charge on any atom is 0.317 e. The molecule has 0 aromatic heterocycles. The molecule has 0 spiro atoms. The van der Waals surface area contributed by atoms with E-state index in [0.717, 1.165) is 6.42 Å². The molecule has 3 heteroatoms. The van der Waals surface area contributed by atoms with E-state index in [1.807, 2.05) is 50.8 Å². The second-order valence-corrected chi connectivity index (χ2v) is 5.06. The zero-order chi connectivity index (χ0) is 13.5. The second kappa shape index (κ2) is 7.04. The number of amides is 2. The van der Waals surface area contributed by atoms with Crippen LogP contribution in [-0.4, -0.2) is 29.6 Å². The van der Waals surface area contributed by atoms with E-state index in [1.165, 1.54) is 5.56 Å². The molecule has 0 unspecified atom stereocenters. The van der Waals surface area contributed by atoms with Gasteiger partial charge in [0.1, 0.15) is 0 Å². The summed E-state index contributed by atoms with van der Waals surface area (Å²) in [5, 5.41) is 2.98. The number of nitrogens with zero attached hydrogens (tertiary/aromatic N) is 1. The number of hydrogen-bond donors (Lipinski definition) is 1. The highest BCUT2D eigenvalue weighted by Crippen LogP contribution is 2.05. The number of hydrogen-bond acceptors (Lipinski definition) is 1. The van der Waals surface area contributed by atoms with Gasteiger partial charge in [0, 0.05) is 18.6 Å². The van der Waals surface area contributed by atoms with Gasteiger partial charge in [0.25, 0.3) is 0 Å². The molecule has 1 aromatic carbocycles. The van der Waals surface area contributed by atoms with Gasteiger partial charge in [-0.05, 0) is 39.7 Å². The van der Waals surface area contributed by atoms with Crippen molar-refractivity contribution in [3.05, 3.63) is 35.9 Å². The van der Waals surface area contributed by atoms with Crippen molar-refractivity contribution in [2.45, 2.75) is 46.2 Å². The average molecular weight is 248 g/mol. The number of nitrogens with one attached hydrogen (secondary N) is 1. The van der Waals surface area contributed by atoms with Crippen molar-refractivity contribution in [2.24, 2.45) is 0 Å². The summed E-state index contributed by atoms with van der Waals surface area (Å²) in [6.45, 7) is 8.83. The summed E-state index contributed by atoms with van der Waals surface area (Å²) in [7, 11) is 0. The SMILES string of the molecule is CC(C)N(C(=O)NCCc1ccccc1)C(C)C. The van der Waals surface area contributed by atoms with E-state index in [-0.39, 0.29) is 18.1 Å². The molecule has 1 aromatic rings. The summed E-state index contributed by atoms with van der Waals surface area (Å²) in [5.74, 6) is 0. The largest absolute Gasteiger partial charge is 0.338 e. The van der Waals surface area contributed by atoms with E-state index in [0.29, 0.717) is 6.54 Å². The van der Waals surface area contributed by atoms with Gasteiger partial charge in [-0.1, -0.05) is 30.3 Å². The predicted molar refractivity (Wildman–Crippen MR) is 75.7 cm³/mol. The summed E-state index contributed by atoms with van der Waals surface area (Å²) >= 11 is 0. The number of carbonyl (C=O) groups is 1. The van der Waals surface area contributed by atoms with Crippen molar-refractivity contribution in [1.82, 2.24) is 10.2 Å². The van der Waals surface area contributed by atoms with Crippen molar-refractivity contribution >= 4 is 6.03 Å². The first-order chi connectivity index (χ1) is 8.52. The molecule has 1 N–H and O–H groups in total. The summed E-state index contributed by atoms with van der Waals surface area (Å²) in [4.78, 5) is 13.9. The first kappa shape index (κ1) is 14.6. The smallest absolute Gasteiger partial charge is 0.317 e. The Kier molecular flexibility index (Phi) is 5.69. The van der Waals surface area contributed by atoms with Crippen LogP contribution < -0.4 is 5.32 Å². The monoisotopic (exact) mass is 248 g/mol. The standard InChI is InChI=1S/C15H24N2O/c1-12(2)17(13(3)4)15(18)16-11-10-14-8-6-5-7-9-14/h5-9,12-13H,10-11H2,1-4H3,(H,16,18). The fraction of sp³-hybridized carbons (Fsp3) is 0.533. The lowest BCUT2D eigenvalue weighted by atomic mass is 10.1. The predicted octanol–water partition coefficient (Wildman–Crippen LogP) is 3.06. The van der Waals surface area contributed by atoms with E-state index in [9.17, 15) is 4.79 Å². The molecule has 18 heavy (non-hydrogen) atoms. The zero-order valence-corrected chi connectivity index (χ0v) is 11.8. The number of urea groups is 1. The maximum atomic E-state index is 12.0. The molecule has 0 aliphatic rings. The van der Waals surface area contributed by atoms with Crippen LogP contribution in [0.1, 0.15) is 33.3 Å². The highest BCUT2D eigenvalue weighted by atomic mass is 16.2. The van der Waals surface area contributed by atoms with Gasteiger partial charge in [-0.2, -0.15) is 0 Å². The Morgan fingerprint density at radius 2 is 1.67 bits per heavy atom. The van der Waals surface area contributed by atoms with E-state index < -0.39 is 0 Å². The van der Waals surface area contributed by atoms with Gasteiger partial charge in [-0.25, -0.2) is 4.79 Å². The van der Waals surface area contributed by atoms with Crippen LogP contribution >= 0.6 is 0 Å². The number of rotatable bonds is 5. The number of carbonyl (C=O) groups excluding carboxylic acids is 1. The lowest BCUT2D eigenvalue weighted by molar-refractivity contribution is 0.165. The average Bonchev–Trinajstić information content (AvgIpc) is 2.29. The van der Waals surface area contributed by atoms with Gasteiger partial charge in [0.05, 0.1) is 0 Å². The Hall–Kier alpha value is -1.51. The normalized spacial score (nSPS) is 10.8. The molecule has 0 radical (unpaired) electrons. The van der Waals surface area contributed by atoms with E-state index in [4.69, 9.17) is 0 Å². The second-order valence-electron chi connectivity index (χ2n) is 5.06. The van der Waals surface area contributed by atoms with Crippen LogP contribution in [0.4, 0.5) is 4.79 Å². The van der Waals surface area contributed by atoms with Crippen LogP contribution in [0.5, 0.6) is 0 Å². The van der Waals surface area contributed by atoms with Crippen LogP contribution in [0, 0.1) is 0 Å². The van der Waals surface area contributed by atoms with Gasteiger partial charge in [-0.15, -0.1) is 0 Å². The Labute approximate surface area is 110 Å². The Morgan fingerprint density at radius 3 is 2.17 bits per heavy atom. The van der Waals surface area contributed by atoms with Gasteiger partial charge < -0.3 is 10.2 Å². The highest BCUT2D eigenvalue weighted by Gasteiger charge is 2.19. The fourth-order valence-electron chi connectivity index (χ4n) is 2.12. The molecule has 0 aliphatic heterocycles. The Balaban J connectivity index is 2.41. The molecule has 0 heterocycles. The van der Waals surface area contributed by atoms with Crippen LogP contribution in [0.3, 0.4) is 0 Å².